The maximum Gasteiger partial charge on any atom is 0.258 e. The monoisotopic (exact) mass is 398 g/mol. The van der Waals surface area contributed by atoms with Gasteiger partial charge in [0.1, 0.15) is 5.00 Å². The van der Waals surface area contributed by atoms with Crippen LogP contribution in [0.3, 0.4) is 0 Å². The molecule has 4 nitrogen and oxygen atoms in total. The molecule has 0 fully saturated rings. The van der Waals surface area contributed by atoms with Gasteiger partial charge in [0.15, 0.2) is 0 Å². The van der Waals surface area contributed by atoms with E-state index in [4.69, 9.17) is 0 Å². The van der Waals surface area contributed by atoms with E-state index < -0.39 is 0 Å². The molecular formula is C23H30N2O2S. The van der Waals surface area contributed by atoms with E-state index in [1.807, 2.05) is 26.0 Å². The molecule has 2 aromatic rings. The number of benzene rings is 1. The van der Waals surface area contributed by atoms with Crippen LogP contribution in [0.5, 0.6) is 0 Å². The molecule has 2 amide bonds. The fourth-order valence-electron chi connectivity index (χ4n) is 3.95. The van der Waals surface area contributed by atoms with E-state index in [-0.39, 0.29) is 17.2 Å². The highest BCUT2D eigenvalue weighted by Gasteiger charge is 2.34. The third-order valence-electron chi connectivity index (χ3n) is 5.64. The second kappa shape index (κ2) is 7.70. The van der Waals surface area contributed by atoms with Crippen LogP contribution in [-0.2, 0) is 17.6 Å². The molecule has 1 aliphatic carbocycles. The molecule has 1 unspecified atom stereocenters. The van der Waals surface area contributed by atoms with Crippen LogP contribution in [0.2, 0.25) is 0 Å². The Morgan fingerprint density at radius 3 is 2.46 bits per heavy atom. The summed E-state index contributed by atoms with van der Waals surface area (Å²) in [5.41, 5.74) is 4.99. The predicted octanol–water partition coefficient (Wildman–Crippen LogP) is 5.73. The summed E-state index contributed by atoms with van der Waals surface area (Å²) >= 11 is 1.56. The Kier molecular flexibility index (Phi) is 5.67. The average Bonchev–Trinajstić information content (AvgIpc) is 2.92. The molecule has 1 atom stereocenters. The van der Waals surface area contributed by atoms with Gasteiger partial charge in [-0.3, -0.25) is 9.59 Å². The Morgan fingerprint density at radius 1 is 1.14 bits per heavy atom. The first-order valence-electron chi connectivity index (χ1n) is 9.87. The van der Waals surface area contributed by atoms with Gasteiger partial charge in [0, 0.05) is 17.5 Å². The Morgan fingerprint density at radius 2 is 1.86 bits per heavy atom. The molecule has 3 rings (SSSR count). The molecule has 0 saturated carbocycles. The van der Waals surface area contributed by atoms with Crippen molar-refractivity contribution in [3.05, 3.63) is 45.3 Å². The number of aryl methyl sites for hydroxylation is 2. The van der Waals surface area contributed by atoms with Crippen molar-refractivity contribution < 1.29 is 9.59 Å². The largest absolute Gasteiger partial charge is 0.322 e. The van der Waals surface area contributed by atoms with Gasteiger partial charge in [0.2, 0.25) is 5.91 Å². The average molecular weight is 399 g/mol. The Labute approximate surface area is 171 Å². The van der Waals surface area contributed by atoms with Crippen molar-refractivity contribution in [3.8, 4) is 0 Å². The lowest BCUT2D eigenvalue weighted by Crippen LogP contribution is -2.27. The number of amides is 2. The summed E-state index contributed by atoms with van der Waals surface area (Å²) in [7, 11) is 0. The van der Waals surface area contributed by atoms with Gasteiger partial charge in [0.05, 0.1) is 5.56 Å². The highest BCUT2D eigenvalue weighted by Crippen LogP contribution is 2.44. The third-order valence-corrected chi connectivity index (χ3v) is 6.81. The van der Waals surface area contributed by atoms with Crippen molar-refractivity contribution in [1.82, 2.24) is 0 Å². The summed E-state index contributed by atoms with van der Waals surface area (Å²) in [4.78, 5) is 26.2. The molecule has 150 valence electrons. The van der Waals surface area contributed by atoms with Gasteiger partial charge in [-0.1, -0.05) is 38.5 Å². The van der Waals surface area contributed by atoms with Crippen LogP contribution < -0.4 is 10.6 Å². The minimum absolute atomic E-state index is 0.137. The first kappa shape index (κ1) is 20.6. The van der Waals surface area contributed by atoms with E-state index in [2.05, 4.69) is 37.5 Å². The van der Waals surface area contributed by atoms with Crippen molar-refractivity contribution in [3.63, 3.8) is 0 Å². The summed E-state index contributed by atoms with van der Waals surface area (Å²) in [6.07, 6.45) is 2.91. The number of fused-ring (bicyclic) bond motifs is 1. The fourth-order valence-corrected chi connectivity index (χ4v) is 5.32. The number of hydrogen-bond acceptors (Lipinski definition) is 3. The summed E-state index contributed by atoms with van der Waals surface area (Å²) in [5.74, 6) is 0.299. The number of anilines is 2. The lowest BCUT2D eigenvalue weighted by Gasteiger charge is -2.33. The van der Waals surface area contributed by atoms with Crippen LogP contribution in [0.15, 0.2) is 18.2 Å². The normalized spacial score (nSPS) is 16.4. The van der Waals surface area contributed by atoms with Gasteiger partial charge in [-0.05, 0) is 61.6 Å². The Hall–Kier alpha value is -2.14. The van der Waals surface area contributed by atoms with E-state index in [9.17, 15) is 9.59 Å². The molecule has 28 heavy (non-hydrogen) atoms. The van der Waals surface area contributed by atoms with Crippen LogP contribution in [0.1, 0.15) is 66.0 Å². The van der Waals surface area contributed by atoms with Crippen molar-refractivity contribution >= 4 is 33.8 Å². The maximum atomic E-state index is 13.2. The van der Waals surface area contributed by atoms with E-state index in [0.29, 0.717) is 16.5 Å². The summed E-state index contributed by atoms with van der Waals surface area (Å²) in [5, 5.41) is 6.63. The summed E-state index contributed by atoms with van der Waals surface area (Å²) < 4.78 is 0. The molecule has 1 heterocycles. The summed E-state index contributed by atoms with van der Waals surface area (Å²) in [6.45, 7) is 12.3. The lowest BCUT2D eigenvalue weighted by molar-refractivity contribution is -0.114. The van der Waals surface area contributed by atoms with Gasteiger partial charge in [-0.2, -0.15) is 0 Å². The molecule has 0 bridgehead atoms. The minimum atomic E-state index is -0.147. The van der Waals surface area contributed by atoms with E-state index >= 15 is 0 Å². The number of hydrogen-bond donors (Lipinski definition) is 2. The molecule has 1 aromatic carbocycles. The molecular weight excluding hydrogens is 368 g/mol. The summed E-state index contributed by atoms with van der Waals surface area (Å²) in [6, 6.07) is 5.99. The Balaban J connectivity index is 1.96. The van der Waals surface area contributed by atoms with E-state index in [0.717, 1.165) is 41.6 Å². The van der Waals surface area contributed by atoms with Gasteiger partial charge in [-0.15, -0.1) is 11.3 Å². The molecule has 1 aliphatic rings. The molecule has 2 N–H and O–H groups in total. The smallest absolute Gasteiger partial charge is 0.258 e. The highest BCUT2D eigenvalue weighted by atomic mass is 32.1. The zero-order chi connectivity index (χ0) is 20.6. The quantitative estimate of drug-likeness (QED) is 0.694. The number of thiophene rings is 1. The van der Waals surface area contributed by atoms with Crippen LogP contribution in [0.25, 0.3) is 0 Å². The predicted molar refractivity (Wildman–Crippen MR) is 117 cm³/mol. The minimum Gasteiger partial charge on any atom is -0.322 e. The molecule has 0 aliphatic heterocycles. The van der Waals surface area contributed by atoms with Gasteiger partial charge in [-0.25, -0.2) is 0 Å². The topological polar surface area (TPSA) is 58.2 Å². The molecule has 0 saturated heterocycles. The van der Waals surface area contributed by atoms with Gasteiger partial charge < -0.3 is 10.6 Å². The zero-order valence-corrected chi connectivity index (χ0v) is 18.5. The van der Waals surface area contributed by atoms with Crippen molar-refractivity contribution in [2.24, 2.45) is 11.3 Å². The molecule has 5 heteroatoms. The number of carbonyl (C=O) groups is 2. The number of nitrogens with one attached hydrogen (secondary N) is 2. The molecule has 0 spiro atoms. The van der Waals surface area contributed by atoms with Crippen molar-refractivity contribution in [1.29, 1.82) is 0 Å². The van der Waals surface area contributed by atoms with E-state index in [1.165, 1.54) is 11.8 Å². The standard InChI is InChI=1S/C23H30N2O2S/c1-13-7-10-18(14(2)11-13)25-21(27)20-17-9-8-16(23(4,5)6)12-19(17)28-22(20)24-15(3)26/h7,10-11,16H,8-9,12H2,1-6H3,(H,24,26)(H,25,27). The van der Waals surface area contributed by atoms with Gasteiger partial charge in [0.25, 0.3) is 5.91 Å². The van der Waals surface area contributed by atoms with E-state index in [1.54, 1.807) is 11.3 Å². The van der Waals surface area contributed by atoms with Crippen molar-refractivity contribution in [2.45, 2.75) is 60.8 Å². The second-order valence-corrected chi connectivity index (χ2v) is 10.1. The highest BCUT2D eigenvalue weighted by molar-refractivity contribution is 7.17. The SMILES string of the molecule is CC(=O)Nc1sc2c(c1C(=O)Nc1ccc(C)cc1C)CCC(C(C)(C)C)C2. The second-order valence-electron chi connectivity index (χ2n) is 8.97. The molecule has 1 aromatic heterocycles. The van der Waals surface area contributed by atoms with Crippen LogP contribution in [0.4, 0.5) is 10.7 Å². The van der Waals surface area contributed by atoms with Gasteiger partial charge >= 0.3 is 0 Å². The fraction of sp³-hybridized carbons (Fsp3) is 0.478. The van der Waals surface area contributed by atoms with Crippen LogP contribution in [-0.4, -0.2) is 11.8 Å². The van der Waals surface area contributed by atoms with Crippen LogP contribution >= 0.6 is 11.3 Å². The molecule has 0 radical (unpaired) electrons. The van der Waals surface area contributed by atoms with Crippen molar-refractivity contribution in [2.75, 3.05) is 10.6 Å². The van der Waals surface area contributed by atoms with Crippen LogP contribution in [0, 0.1) is 25.2 Å². The zero-order valence-electron chi connectivity index (χ0n) is 17.7. The first-order valence-corrected chi connectivity index (χ1v) is 10.7. The Bertz CT molecular complexity index is 921. The first-order chi connectivity index (χ1) is 13.1. The number of rotatable bonds is 3. The lowest BCUT2D eigenvalue weighted by atomic mass is 9.72. The third kappa shape index (κ3) is 4.30. The maximum absolute atomic E-state index is 13.2. The number of carbonyl (C=O) groups excluding carboxylic acids is 2.